The van der Waals surface area contributed by atoms with Gasteiger partial charge in [0.15, 0.2) is 0 Å². The topological polar surface area (TPSA) is 41.6 Å². The van der Waals surface area contributed by atoms with Gasteiger partial charge in [-0.2, -0.15) is 0 Å². The summed E-state index contributed by atoms with van der Waals surface area (Å²) in [5.74, 6) is 1.28. The number of hydrogen-bond acceptors (Lipinski definition) is 3. The standard InChI is InChI=1S/C22H28N2O2/c1-16-6-4-7-18(14-16)22(25)23-15-19-8-5-13-24(2)21(19)17-9-11-20(26-3)12-10-17/h4,6-7,9-12,14,19,21H,5,8,13,15H2,1-3H3,(H,23,25). The molecule has 26 heavy (non-hydrogen) atoms. The summed E-state index contributed by atoms with van der Waals surface area (Å²) >= 11 is 0. The number of piperidine rings is 1. The van der Waals surface area contributed by atoms with Crippen LogP contribution in [0.2, 0.25) is 0 Å². The number of likely N-dealkylation sites (tertiary alicyclic amines) is 1. The van der Waals surface area contributed by atoms with Crippen LogP contribution in [0, 0.1) is 12.8 Å². The number of methoxy groups -OCH3 is 1. The molecule has 1 amide bonds. The molecule has 138 valence electrons. The molecule has 0 aromatic heterocycles. The molecule has 4 heteroatoms. The molecular formula is C22H28N2O2. The number of carbonyl (C=O) groups is 1. The zero-order valence-electron chi connectivity index (χ0n) is 15.9. The van der Waals surface area contributed by atoms with E-state index in [9.17, 15) is 4.79 Å². The van der Waals surface area contributed by atoms with Crippen molar-refractivity contribution >= 4 is 5.91 Å². The van der Waals surface area contributed by atoms with E-state index in [4.69, 9.17) is 4.74 Å². The molecule has 2 aromatic carbocycles. The molecule has 1 fully saturated rings. The van der Waals surface area contributed by atoms with Crippen molar-refractivity contribution in [1.82, 2.24) is 10.2 Å². The highest BCUT2D eigenvalue weighted by Crippen LogP contribution is 2.35. The average molecular weight is 352 g/mol. The fourth-order valence-electron chi connectivity index (χ4n) is 3.91. The lowest BCUT2D eigenvalue weighted by atomic mass is 9.85. The first kappa shape index (κ1) is 18.5. The minimum atomic E-state index is 0.00964. The van der Waals surface area contributed by atoms with Crippen LogP contribution in [0.1, 0.15) is 40.4 Å². The minimum Gasteiger partial charge on any atom is -0.497 e. The third kappa shape index (κ3) is 4.25. The minimum absolute atomic E-state index is 0.00964. The Hall–Kier alpha value is -2.33. The number of nitrogens with one attached hydrogen (secondary N) is 1. The van der Waals surface area contributed by atoms with Gasteiger partial charge in [-0.25, -0.2) is 0 Å². The quantitative estimate of drug-likeness (QED) is 0.889. The van der Waals surface area contributed by atoms with Gasteiger partial charge in [0, 0.05) is 18.2 Å². The Morgan fingerprint density at radius 2 is 2.00 bits per heavy atom. The third-order valence-corrected chi connectivity index (χ3v) is 5.27. The molecule has 2 atom stereocenters. The predicted molar refractivity (Wildman–Crippen MR) is 105 cm³/mol. The molecular weight excluding hydrogens is 324 g/mol. The van der Waals surface area contributed by atoms with E-state index < -0.39 is 0 Å². The normalized spacial score (nSPS) is 20.6. The fourth-order valence-corrected chi connectivity index (χ4v) is 3.91. The molecule has 1 saturated heterocycles. The summed E-state index contributed by atoms with van der Waals surface area (Å²) in [6.45, 7) is 3.78. The van der Waals surface area contributed by atoms with Gasteiger partial charge < -0.3 is 10.1 Å². The highest BCUT2D eigenvalue weighted by atomic mass is 16.5. The lowest BCUT2D eigenvalue weighted by molar-refractivity contribution is 0.0891. The Balaban J connectivity index is 1.70. The largest absolute Gasteiger partial charge is 0.497 e. The number of carbonyl (C=O) groups excluding carboxylic acids is 1. The zero-order chi connectivity index (χ0) is 18.5. The molecule has 3 rings (SSSR count). The van der Waals surface area contributed by atoms with Gasteiger partial charge in [0.25, 0.3) is 5.91 Å². The predicted octanol–water partition coefficient (Wildman–Crippen LogP) is 3.82. The number of hydrogen-bond donors (Lipinski definition) is 1. The van der Waals surface area contributed by atoms with E-state index in [1.165, 1.54) is 5.56 Å². The highest BCUT2D eigenvalue weighted by Gasteiger charge is 2.30. The van der Waals surface area contributed by atoms with E-state index >= 15 is 0 Å². The van der Waals surface area contributed by atoms with E-state index in [1.807, 2.05) is 43.3 Å². The van der Waals surface area contributed by atoms with Crippen LogP contribution in [0.4, 0.5) is 0 Å². The van der Waals surface area contributed by atoms with Crippen molar-refractivity contribution in [3.8, 4) is 5.75 Å². The smallest absolute Gasteiger partial charge is 0.251 e. The zero-order valence-corrected chi connectivity index (χ0v) is 15.9. The third-order valence-electron chi connectivity index (χ3n) is 5.27. The summed E-state index contributed by atoms with van der Waals surface area (Å²) in [5.41, 5.74) is 3.11. The first-order valence-corrected chi connectivity index (χ1v) is 9.27. The molecule has 1 N–H and O–H groups in total. The average Bonchev–Trinajstić information content (AvgIpc) is 2.66. The van der Waals surface area contributed by atoms with Crippen molar-refractivity contribution in [2.24, 2.45) is 5.92 Å². The highest BCUT2D eigenvalue weighted by molar-refractivity contribution is 5.94. The van der Waals surface area contributed by atoms with Crippen LogP contribution in [0.5, 0.6) is 5.75 Å². The first-order chi connectivity index (χ1) is 12.6. The van der Waals surface area contributed by atoms with Crippen molar-refractivity contribution in [2.45, 2.75) is 25.8 Å². The van der Waals surface area contributed by atoms with Crippen LogP contribution in [-0.2, 0) is 0 Å². The van der Waals surface area contributed by atoms with E-state index in [2.05, 4.69) is 29.4 Å². The van der Waals surface area contributed by atoms with Crippen LogP contribution in [-0.4, -0.2) is 38.1 Å². The molecule has 0 spiro atoms. The Labute approximate surface area is 156 Å². The number of amides is 1. The van der Waals surface area contributed by atoms with Gasteiger partial charge >= 0.3 is 0 Å². The molecule has 1 heterocycles. The van der Waals surface area contributed by atoms with Gasteiger partial charge in [-0.15, -0.1) is 0 Å². The van der Waals surface area contributed by atoms with Gasteiger partial charge in [-0.3, -0.25) is 9.69 Å². The Bertz CT molecular complexity index is 742. The Morgan fingerprint density at radius 1 is 1.23 bits per heavy atom. The lowest BCUT2D eigenvalue weighted by Crippen LogP contribution is -2.41. The van der Waals surface area contributed by atoms with Crippen molar-refractivity contribution in [2.75, 3.05) is 27.2 Å². The van der Waals surface area contributed by atoms with Crippen LogP contribution in [0.25, 0.3) is 0 Å². The van der Waals surface area contributed by atoms with E-state index in [0.717, 1.165) is 36.3 Å². The molecule has 0 bridgehead atoms. The molecule has 0 aliphatic carbocycles. The summed E-state index contributed by atoms with van der Waals surface area (Å²) in [4.78, 5) is 14.9. The molecule has 0 saturated carbocycles. The summed E-state index contributed by atoms with van der Waals surface area (Å²) in [6.07, 6.45) is 2.28. The summed E-state index contributed by atoms with van der Waals surface area (Å²) in [7, 11) is 3.86. The molecule has 1 aliphatic heterocycles. The molecule has 0 radical (unpaired) electrons. The first-order valence-electron chi connectivity index (χ1n) is 9.27. The van der Waals surface area contributed by atoms with Gasteiger partial charge in [0.05, 0.1) is 7.11 Å². The molecule has 2 aromatic rings. The van der Waals surface area contributed by atoms with Gasteiger partial charge in [-0.05, 0) is 69.1 Å². The van der Waals surface area contributed by atoms with Crippen molar-refractivity contribution in [3.05, 3.63) is 65.2 Å². The van der Waals surface area contributed by atoms with Gasteiger partial charge in [0.2, 0.25) is 0 Å². The molecule has 2 unspecified atom stereocenters. The second kappa shape index (κ2) is 8.37. The van der Waals surface area contributed by atoms with Crippen LogP contribution in [0.3, 0.4) is 0 Å². The second-order valence-corrected chi connectivity index (χ2v) is 7.18. The Kier molecular flexibility index (Phi) is 5.94. The van der Waals surface area contributed by atoms with E-state index in [-0.39, 0.29) is 5.91 Å². The fraction of sp³-hybridized carbons (Fsp3) is 0.409. The maximum Gasteiger partial charge on any atom is 0.251 e. The van der Waals surface area contributed by atoms with Crippen LogP contribution >= 0.6 is 0 Å². The maximum atomic E-state index is 12.5. The van der Waals surface area contributed by atoms with Gasteiger partial charge in [0.1, 0.15) is 5.75 Å². The number of rotatable bonds is 5. The maximum absolute atomic E-state index is 12.5. The summed E-state index contributed by atoms with van der Waals surface area (Å²) < 4.78 is 5.28. The SMILES string of the molecule is COc1ccc(C2C(CNC(=O)c3cccc(C)c3)CCCN2C)cc1. The number of aryl methyl sites for hydroxylation is 1. The summed E-state index contributed by atoms with van der Waals surface area (Å²) in [6, 6.07) is 16.4. The molecule has 1 aliphatic rings. The Morgan fingerprint density at radius 3 is 2.69 bits per heavy atom. The summed E-state index contributed by atoms with van der Waals surface area (Å²) in [5, 5.41) is 3.15. The van der Waals surface area contributed by atoms with Crippen molar-refractivity contribution in [1.29, 1.82) is 0 Å². The van der Waals surface area contributed by atoms with Crippen molar-refractivity contribution < 1.29 is 9.53 Å². The molecule has 4 nitrogen and oxygen atoms in total. The van der Waals surface area contributed by atoms with Crippen LogP contribution < -0.4 is 10.1 Å². The van der Waals surface area contributed by atoms with Crippen LogP contribution in [0.15, 0.2) is 48.5 Å². The monoisotopic (exact) mass is 352 g/mol. The number of ether oxygens (including phenoxy) is 1. The van der Waals surface area contributed by atoms with E-state index in [0.29, 0.717) is 18.5 Å². The van der Waals surface area contributed by atoms with Gasteiger partial charge in [-0.1, -0.05) is 29.8 Å². The second-order valence-electron chi connectivity index (χ2n) is 7.18. The number of nitrogens with zero attached hydrogens (tertiary/aromatic N) is 1. The lowest BCUT2D eigenvalue weighted by Gasteiger charge is -2.39. The van der Waals surface area contributed by atoms with E-state index in [1.54, 1.807) is 7.11 Å². The number of benzene rings is 2. The van der Waals surface area contributed by atoms with Crippen molar-refractivity contribution in [3.63, 3.8) is 0 Å².